The number of amides is 1. The Hall–Kier alpha value is -3.91. The molecule has 3 aromatic rings. The summed E-state index contributed by atoms with van der Waals surface area (Å²) in [6, 6.07) is 22.7. The lowest BCUT2D eigenvalue weighted by Crippen LogP contribution is -2.19. The largest absolute Gasteiger partial charge is 0.489 e. The molecule has 0 heterocycles. The van der Waals surface area contributed by atoms with Crippen LogP contribution in [0, 0.1) is 18.3 Å². The van der Waals surface area contributed by atoms with Gasteiger partial charge in [-0.05, 0) is 72.4 Å². The van der Waals surface area contributed by atoms with Crippen LogP contribution in [0.1, 0.15) is 64.9 Å². The standard InChI is InChI=1S/C27H27N3O2/c1-18(2)25-14-5-19(3)15-26(25)32-17-22-8-12-24(13-9-22)27(31)30-29-20(4)23-10-6-21(16-28)7-11-23/h5-15,18H,17H2,1-4H3,(H,30,31)/b29-20+. The number of benzene rings is 3. The van der Waals surface area contributed by atoms with Crippen LogP contribution >= 0.6 is 0 Å². The maximum Gasteiger partial charge on any atom is 0.271 e. The molecule has 0 saturated heterocycles. The lowest BCUT2D eigenvalue weighted by atomic mass is 10.0. The van der Waals surface area contributed by atoms with Gasteiger partial charge in [-0.1, -0.05) is 50.2 Å². The van der Waals surface area contributed by atoms with Crippen LogP contribution in [-0.4, -0.2) is 11.6 Å². The topological polar surface area (TPSA) is 74.5 Å². The number of ether oxygens (including phenoxy) is 1. The minimum absolute atomic E-state index is 0.286. The fourth-order valence-corrected chi connectivity index (χ4v) is 3.21. The van der Waals surface area contributed by atoms with Crippen LogP contribution < -0.4 is 10.2 Å². The summed E-state index contributed by atoms with van der Waals surface area (Å²) in [6.07, 6.45) is 0. The van der Waals surface area contributed by atoms with E-state index in [0.29, 0.717) is 29.4 Å². The van der Waals surface area contributed by atoms with Crippen molar-refractivity contribution in [3.8, 4) is 11.8 Å². The molecule has 0 aromatic heterocycles. The fraction of sp³-hybridized carbons (Fsp3) is 0.222. The van der Waals surface area contributed by atoms with Crippen LogP contribution in [0.15, 0.2) is 71.8 Å². The van der Waals surface area contributed by atoms with E-state index in [1.54, 1.807) is 43.3 Å². The van der Waals surface area contributed by atoms with Gasteiger partial charge in [-0.2, -0.15) is 10.4 Å². The van der Waals surface area contributed by atoms with Gasteiger partial charge in [0.25, 0.3) is 5.91 Å². The molecule has 0 bridgehead atoms. The van der Waals surface area contributed by atoms with Gasteiger partial charge in [0, 0.05) is 5.56 Å². The van der Waals surface area contributed by atoms with Gasteiger partial charge in [-0.3, -0.25) is 4.79 Å². The summed E-state index contributed by atoms with van der Waals surface area (Å²) in [7, 11) is 0. The number of aryl methyl sites for hydroxylation is 1. The van der Waals surface area contributed by atoms with E-state index in [2.05, 4.69) is 55.6 Å². The van der Waals surface area contributed by atoms with E-state index in [1.807, 2.05) is 12.1 Å². The predicted octanol–water partition coefficient (Wildman–Crippen LogP) is 5.72. The van der Waals surface area contributed by atoms with E-state index >= 15 is 0 Å². The van der Waals surface area contributed by atoms with Crippen molar-refractivity contribution in [2.75, 3.05) is 0 Å². The molecule has 0 aliphatic carbocycles. The third kappa shape index (κ3) is 5.83. The summed E-state index contributed by atoms with van der Waals surface area (Å²) >= 11 is 0. The van der Waals surface area contributed by atoms with Gasteiger partial charge >= 0.3 is 0 Å². The highest BCUT2D eigenvalue weighted by atomic mass is 16.5. The first-order chi connectivity index (χ1) is 15.4. The van der Waals surface area contributed by atoms with Crippen molar-refractivity contribution in [2.45, 2.75) is 40.2 Å². The van der Waals surface area contributed by atoms with Gasteiger partial charge in [-0.15, -0.1) is 0 Å². The highest BCUT2D eigenvalue weighted by Gasteiger charge is 2.09. The van der Waals surface area contributed by atoms with Crippen molar-refractivity contribution < 1.29 is 9.53 Å². The van der Waals surface area contributed by atoms with Crippen LogP contribution in [0.5, 0.6) is 5.75 Å². The number of hydrogen-bond donors (Lipinski definition) is 1. The van der Waals surface area contributed by atoms with Crippen LogP contribution in [0.2, 0.25) is 0 Å². The molecule has 5 heteroatoms. The zero-order valence-corrected chi connectivity index (χ0v) is 18.8. The summed E-state index contributed by atoms with van der Waals surface area (Å²) in [5, 5.41) is 13.0. The molecule has 0 unspecified atom stereocenters. The monoisotopic (exact) mass is 425 g/mol. The fourth-order valence-electron chi connectivity index (χ4n) is 3.21. The Labute approximate surface area is 189 Å². The molecule has 5 nitrogen and oxygen atoms in total. The van der Waals surface area contributed by atoms with E-state index in [-0.39, 0.29) is 5.91 Å². The van der Waals surface area contributed by atoms with Crippen molar-refractivity contribution in [1.29, 1.82) is 5.26 Å². The van der Waals surface area contributed by atoms with Gasteiger partial charge < -0.3 is 4.74 Å². The summed E-state index contributed by atoms with van der Waals surface area (Å²) in [4.78, 5) is 12.4. The first-order valence-electron chi connectivity index (χ1n) is 10.5. The minimum atomic E-state index is -0.286. The number of nitrogens with zero attached hydrogens (tertiary/aromatic N) is 2. The van der Waals surface area contributed by atoms with Crippen LogP contribution in [-0.2, 0) is 6.61 Å². The van der Waals surface area contributed by atoms with Gasteiger partial charge in [0.1, 0.15) is 12.4 Å². The second kappa shape index (κ2) is 10.4. The third-order valence-corrected chi connectivity index (χ3v) is 5.16. The molecule has 0 saturated carbocycles. The van der Waals surface area contributed by atoms with Gasteiger partial charge in [0.2, 0.25) is 0 Å². The van der Waals surface area contributed by atoms with Gasteiger partial charge in [-0.25, -0.2) is 5.43 Å². The van der Waals surface area contributed by atoms with Crippen LogP contribution in [0.3, 0.4) is 0 Å². The second-order valence-corrected chi connectivity index (χ2v) is 8.01. The Morgan fingerprint density at radius 1 is 1.03 bits per heavy atom. The molecule has 0 aliphatic heterocycles. The normalized spacial score (nSPS) is 11.2. The number of rotatable bonds is 7. The number of nitrogens with one attached hydrogen (secondary N) is 1. The number of hydrazone groups is 1. The zero-order valence-electron chi connectivity index (χ0n) is 18.8. The van der Waals surface area contributed by atoms with Crippen LogP contribution in [0.4, 0.5) is 0 Å². The molecule has 0 atom stereocenters. The molecule has 162 valence electrons. The smallest absolute Gasteiger partial charge is 0.271 e. The molecular weight excluding hydrogens is 398 g/mol. The van der Waals surface area contributed by atoms with E-state index in [9.17, 15) is 4.79 Å². The summed E-state index contributed by atoms with van der Waals surface area (Å²) in [6.45, 7) is 8.59. The molecule has 0 aliphatic rings. The Bertz CT molecular complexity index is 1160. The quantitative estimate of drug-likeness (QED) is 0.388. The SMILES string of the molecule is C/C(=N\NC(=O)c1ccc(COc2cc(C)ccc2C(C)C)cc1)c1ccc(C#N)cc1. The molecule has 0 radical (unpaired) electrons. The van der Waals surface area contributed by atoms with Crippen molar-refractivity contribution in [3.05, 3.63) is 100 Å². The average Bonchev–Trinajstić information content (AvgIpc) is 2.81. The summed E-state index contributed by atoms with van der Waals surface area (Å²) < 4.78 is 6.07. The maximum absolute atomic E-state index is 12.4. The van der Waals surface area contributed by atoms with E-state index in [0.717, 1.165) is 22.4 Å². The molecule has 3 aromatic carbocycles. The highest BCUT2D eigenvalue weighted by Crippen LogP contribution is 2.28. The zero-order chi connectivity index (χ0) is 23.1. The highest BCUT2D eigenvalue weighted by molar-refractivity contribution is 6.00. The Kier molecular flexibility index (Phi) is 7.41. The van der Waals surface area contributed by atoms with Gasteiger partial charge in [0.15, 0.2) is 0 Å². The Balaban J connectivity index is 1.61. The van der Waals surface area contributed by atoms with Crippen molar-refractivity contribution in [3.63, 3.8) is 0 Å². The molecular formula is C27H27N3O2. The Morgan fingerprint density at radius 2 is 1.69 bits per heavy atom. The number of nitriles is 1. The van der Waals surface area contributed by atoms with Crippen LogP contribution in [0.25, 0.3) is 0 Å². The predicted molar refractivity (Wildman–Crippen MR) is 127 cm³/mol. The summed E-state index contributed by atoms with van der Waals surface area (Å²) in [5.74, 6) is 0.991. The van der Waals surface area contributed by atoms with E-state index < -0.39 is 0 Å². The molecule has 3 rings (SSSR count). The molecule has 32 heavy (non-hydrogen) atoms. The van der Waals surface area contributed by atoms with E-state index in [4.69, 9.17) is 10.00 Å². The van der Waals surface area contributed by atoms with Crippen molar-refractivity contribution in [1.82, 2.24) is 5.43 Å². The number of hydrogen-bond acceptors (Lipinski definition) is 4. The first kappa shape index (κ1) is 22.8. The van der Waals surface area contributed by atoms with E-state index in [1.165, 1.54) is 5.56 Å². The number of carbonyl (C=O) groups is 1. The maximum atomic E-state index is 12.4. The molecule has 0 fully saturated rings. The Morgan fingerprint density at radius 3 is 2.31 bits per heavy atom. The lowest BCUT2D eigenvalue weighted by Gasteiger charge is -2.15. The minimum Gasteiger partial charge on any atom is -0.489 e. The molecule has 0 spiro atoms. The number of carbonyl (C=O) groups excluding carboxylic acids is 1. The molecule has 1 amide bonds. The lowest BCUT2D eigenvalue weighted by molar-refractivity contribution is 0.0954. The average molecular weight is 426 g/mol. The second-order valence-electron chi connectivity index (χ2n) is 8.01. The first-order valence-corrected chi connectivity index (χ1v) is 10.5. The van der Waals surface area contributed by atoms with Crippen molar-refractivity contribution >= 4 is 11.6 Å². The van der Waals surface area contributed by atoms with Gasteiger partial charge in [0.05, 0.1) is 17.3 Å². The summed E-state index contributed by atoms with van der Waals surface area (Å²) in [5.41, 5.74) is 8.51. The van der Waals surface area contributed by atoms with Crippen molar-refractivity contribution in [2.24, 2.45) is 5.10 Å². The molecule has 1 N–H and O–H groups in total. The third-order valence-electron chi connectivity index (χ3n) is 5.16.